The highest BCUT2D eigenvalue weighted by atomic mass is 19.1. The minimum Gasteiger partial charge on any atom is -0.490 e. The zero-order chi connectivity index (χ0) is 16.9. The number of ether oxygens (including phenoxy) is 1. The van der Waals surface area contributed by atoms with Crippen LogP contribution in [-0.2, 0) is 6.54 Å². The topological polar surface area (TPSA) is 94.5 Å². The Balaban J connectivity index is 1.52. The Kier molecular flexibility index (Phi) is 5.05. The number of piperidine rings is 1. The largest absolute Gasteiger partial charge is 0.490 e. The number of aromatic nitrogens is 2. The first-order valence-electron chi connectivity index (χ1n) is 7.84. The van der Waals surface area contributed by atoms with E-state index in [0.29, 0.717) is 19.0 Å². The fourth-order valence-corrected chi connectivity index (χ4v) is 2.81. The van der Waals surface area contributed by atoms with Gasteiger partial charge in [-0.05, 0) is 31.5 Å². The molecule has 1 atom stereocenters. The second-order valence-corrected chi connectivity index (χ2v) is 5.86. The molecule has 128 valence electrons. The van der Waals surface area contributed by atoms with Crippen molar-refractivity contribution in [2.24, 2.45) is 11.7 Å². The van der Waals surface area contributed by atoms with Gasteiger partial charge in [-0.25, -0.2) is 4.39 Å². The summed E-state index contributed by atoms with van der Waals surface area (Å²) < 4.78 is 24.2. The number of benzene rings is 1. The molecule has 0 spiro atoms. The molecule has 7 nitrogen and oxygen atoms in total. The molecule has 1 aromatic heterocycles. The Labute approximate surface area is 138 Å². The van der Waals surface area contributed by atoms with Gasteiger partial charge in [0.05, 0.1) is 13.2 Å². The van der Waals surface area contributed by atoms with Crippen molar-refractivity contribution in [1.29, 1.82) is 0 Å². The number of primary amides is 1. The van der Waals surface area contributed by atoms with Crippen LogP contribution in [0, 0.1) is 11.7 Å². The summed E-state index contributed by atoms with van der Waals surface area (Å²) in [5.41, 5.74) is 5.10. The number of carbonyl (C=O) groups excluding carboxylic acids is 1. The van der Waals surface area contributed by atoms with Crippen molar-refractivity contribution < 1.29 is 18.4 Å². The molecular formula is C16H19FN4O3. The number of hydrogen-bond acceptors (Lipinski definition) is 6. The first-order valence-corrected chi connectivity index (χ1v) is 7.84. The highest BCUT2D eigenvalue weighted by Gasteiger charge is 2.23. The molecule has 1 aliphatic rings. The quantitative estimate of drug-likeness (QED) is 0.862. The predicted octanol–water partition coefficient (Wildman–Crippen LogP) is 1.60. The Morgan fingerprint density at radius 2 is 2.29 bits per heavy atom. The molecule has 1 amide bonds. The van der Waals surface area contributed by atoms with Gasteiger partial charge in [-0.1, -0.05) is 17.3 Å². The van der Waals surface area contributed by atoms with E-state index in [1.807, 2.05) is 0 Å². The Bertz CT molecular complexity index is 706. The molecular weight excluding hydrogens is 315 g/mol. The fraction of sp³-hybridized carbons (Fsp3) is 0.438. The minimum absolute atomic E-state index is 0.110. The third kappa shape index (κ3) is 4.08. The molecule has 0 saturated carbocycles. The summed E-state index contributed by atoms with van der Waals surface area (Å²) in [6.45, 7) is 2.58. The SMILES string of the molecule is NC(=O)c1noc(CN2CCC[C@H](COc3ccccc3F)C2)n1. The first kappa shape index (κ1) is 16.4. The average molecular weight is 334 g/mol. The number of halogens is 1. The average Bonchev–Trinajstić information content (AvgIpc) is 3.03. The van der Waals surface area contributed by atoms with Crippen molar-refractivity contribution in [3.8, 4) is 5.75 Å². The molecule has 2 heterocycles. The molecule has 1 fully saturated rings. The number of amides is 1. The van der Waals surface area contributed by atoms with Crippen LogP contribution in [0.3, 0.4) is 0 Å². The lowest BCUT2D eigenvalue weighted by Gasteiger charge is -2.31. The van der Waals surface area contributed by atoms with Crippen LogP contribution in [0.5, 0.6) is 5.75 Å². The van der Waals surface area contributed by atoms with Gasteiger partial charge in [-0.15, -0.1) is 0 Å². The van der Waals surface area contributed by atoms with Crippen molar-refractivity contribution in [3.05, 3.63) is 41.8 Å². The van der Waals surface area contributed by atoms with Crippen molar-refractivity contribution in [1.82, 2.24) is 15.0 Å². The molecule has 0 unspecified atom stereocenters. The van der Waals surface area contributed by atoms with Crippen molar-refractivity contribution in [3.63, 3.8) is 0 Å². The first-order chi connectivity index (χ1) is 11.6. The standard InChI is InChI=1S/C16H19FN4O3/c17-12-5-1-2-6-13(12)23-10-11-4-3-7-21(8-11)9-14-19-16(15(18)22)20-24-14/h1-2,5-6,11H,3-4,7-10H2,(H2,18,22)/t11-/m0/s1. The van der Waals surface area contributed by atoms with Gasteiger partial charge in [0.1, 0.15) is 0 Å². The lowest BCUT2D eigenvalue weighted by Crippen LogP contribution is -2.37. The monoisotopic (exact) mass is 334 g/mol. The molecule has 0 radical (unpaired) electrons. The van der Waals surface area contributed by atoms with Crippen LogP contribution in [0.1, 0.15) is 29.4 Å². The number of nitrogens with two attached hydrogens (primary N) is 1. The lowest BCUT2D eigenvalue weighted by atomic mass is 9.99. The molecule has 2 N–H and O–H groups in total. The van der Waals surface area contributed by atoms with Crippen LogP contribution < -0.4 is 10.5 Å². The van der Waals surface area contributed by atoms with Crippen LogP contribution in [0.2, 0.25) is 0 Å². The van der Waals surface area contributed by atoms with Crippen LogP contribution in [0.25, 0.3) is 0 Å². The summed E-state index contributed by atoms with van der Waals surface area (Å²) in [6, 6.07) is 6.39. The van der Waals surface area contributed by atoms with E-state index in [-0.39, 0.29) is 23.3 Å². The predicted molar refractivity (Wildman–Crippen MR) is 82.7 cm³/mol. The van der Waals surface area contributed by atoms with Crippen molar-refractivity contribution in [2.45, 2.75) is 19.4 Å². The van der Waals surface area contributed by atoms with E-state index in [2.05, 4.69) is 15.0 Å². The molecule has 3 rings (SSSR count). The summed E-state index contributed by atoms with van der Waals surface area (Å²) in [5, 5.41) is 3.53. The molecule has 2 aromatic rings. The molecule has 1 aliphatic heterocycles. The van der Waals surface area contributed by atoms with Crippen LogP contribution >= 0.6 is 0 Å². The third-order valence-corrected chi connectivity index (χ3v) is 3.96. The van der Waals surface area contributed by atoms with E-state index in [0.717, 1.165) is 25.9 Å². The van der Waals surface area contributed by atoms with Crippen molar-refractivity contribution in [2.75, 3.05) is 19.7 Å². The fourth-order valence-electron chi connectivity index (χ4n) is 2.81. The maximum absolute atomic E-state index is 13.6. The summed E-state index contributed by atoms with van der Waals surface area (Å²) >= 11 is 0. The Morgan fingerprint density at radius 3 is 3.04 bits per heavy atom. The minimum atomic E-state index is -0.709. The number of rotatable bonds is 6. The summed E-state index contributed by atoms with van der Waals surface area (Å²) in [7, 11) is 0. The van der Waals surface area contributed by atoms with E-state index < -0.39 is 5.91 Å². The number of carbonyl (C=O) groups is 1. The van der Waals surface area contributed by atoms with Gasteiger partial charge >= 0.3 is 0 Å². The number of hydrogen-bond donors (Lipinski definition) is 1. The molecule has 8 heteroatoms. The normalized spacial score (nSPS) is 18.5. The van der Waals surface area contributed by atoms with Gasteiger partial charge in [0.25, 0.3) is 11.7 Å². The summed E-state index contributed by atoms with van der Waals surface area (Å²) in [5.74, 6) is -0.245. The second kappa shape index (κ2) is 7.39. The van der Waals surface area contributed by atoms with Crippen LogP contribution in [0.15, 0.2) is 28.8 Å². The highest BCUT2D eigenvalue weighted by molar-refractivity contribution is 5.88. The van der Waals surface area contributed by atoms with Crippen LogP contribution in [-0.4, -0.2) is 40.6 Å². The number of likely N-dealkylation sites (tertiary alicyclic amines) is 1. The zero-order valence-corrected chi connectivity index (χ0v) is 13.2. The van der Waals surface area contributed by atoms with E-state index in [1.54, 1.807) is 18.2 Å². The van der Waals surface area contributed by atoms with Gasteiger partial charge in [-0.2, -0.15) is 4.98 Å². The summed E-state index contributed by atoms with van der Waals surface area (Å²) in [6.07, 6.45) is 2.02. The molecule has 0 aliphatic carbocycles. The van der Waals surface area contributed by atoms with E-state index >= 15 is 0 Å². The van der Waals surface area contributed by atoms with Gasteiger partial charge in [0.2, 0.25) is 5.89 Å². The molecule has 1 saturated heterocycles. The van der Waals surface area contributed by atoms with Gasteiger partial charge < -0.3 is 15.0 Å². The molecule has 24 heavy (non-hydrogen) atoms. The van der Waals surface area contributed by atoms with Gasteiger partial charge in [0.15, 0.2) is 11.6 Å². The Morgan fingerprint density at radius 1 is 1.46 bits per heavy atom. The second-order valence-electron chi connectivity index (χ2n) is 5.86. The molecule has 0 bridgehead atoms. The third-order valence-electron chi connectivity index (χ3n) is 3.96. The summed E-state index contributed by atoms with van der Waals surface area (Å²) in [4.78, 5) is 17.1. The highest BCUT2D eigenvalue weighted by Crippen LogP contribution is 2.21. The maximum Gasteiger partial charge on any atom is 0.290 e. The van der Waals surface area contributed by atoms with Crippen molar-refractivity contribution >= 4 is 5.91 Å². The maximum atomic E-state index is 13.6. The molecule has 1 aromatic carbocycles. The number of para-hydroxylation sites is 1. The lowest BCUT2D eigenvalue weighted by molar-refractivity contribution is 0.0987. The smallest absolute Gasteiger partial charge is 0.290 e. The zero-order valence-electron chi connectivity index (χ0n) is 13.2. The van der Waals surface area contributed by atoms with E-state index in [9.17, 15) is 9.18 Å². The van der Waals surface area contributed by atoms with Gasteiger partial charge in [-0.3, -0.25) is 9.69 Å². The van der Waals surface area contributed by atoms with E-state index in [4.69, 9.17) is 15.0 Å². The van der Waals surface area contributed by atoms with E-state index in [1.165, 1.54) is 6.07 Å². The number of nitrogens with zero attached hydrogens (tertiary/aromatic N) is 3. The Hall–Kier alpha value is -2.48. The van der Waals surface area contributed by atoms with Gasteiger partial charge in [0, 0.05) is 12.5 Å². The van der Waals surface area contributed by atoms with Crippen LogP contribution in [0.4, 0.5) is 4.39 Å².